The third-order valence-corrected chi connectivity index (χ3v) is 11.9. The number of hydrogen-bond acceptors (Lipinski definition) is 18. The maximum atomic E-state index is 12.7. The molecule has 4 rings (SSSR count). The number of nitrogen functional groups attached to an aromatic ring is 1. The van der Waals surface area contributed by atoms with Crippen LogP contribution in [-0.4, -0.2) is 123 Å². The first kappa shape index (κ1) is 45.5. The molecule has 0 radical (unpaired) electrons. The number of phosphoric acid groups is 3. The number of ether oxygens (including phenoxy) is 1. The number of carbonyl (C=O) groups excluding carboxylic acids is 3. The summed E-state index contributed by atoms with van der Waals surface area (Å²) in [4.78, 5) is 87.7. The molecule has 0 saturated carbocycles. The molecule has 56 heavy (non-hydrogen) atoms. The Kier molecular flexibility index (Phi) is 15.5. The average Bonchev–Trinajstić information content (AvgIpc) is 3.68. The Morgan fingerprint density at radius 2 is 1.82 bits per heavy atom. The van der Waals surface area contributed by atoms with E-state index < -0.39 is 84.6 Å². The second-order valence-electron chi connectivity index (χ2n) is 12.6. The number of thioether (sulfide) groups is 1. The maximum absolute atomic E-state index is 12.7. The van der Waals surface area contributed by atoms with Crippen LogP contribution in [0.3, 0.4) is 0 Å². The molecule has 7 atom stereocenters. The smallest absolute Gasteiger partial charge is 0.386 e. The van der Waals surface area contributed by atoms with Crippen molar-refractivity contribution in [2.75, 3.05) is 37.8 Å². The van der Waals surface area contributed by atoms with Gasteiger partial charge in [-0.15, -0.1) is 5.73 Å². The van der Waals surface area contributed by atoms with Crippen molar-refractivity contribution in [2.45, 2.75) is 57.3 Å². The summed E-state index contributed by atoms with van der Waals surface area (Å²) in [6.45, 7) is 0.458. The number of nitrogens with two attached hydrogens (primary N) is 1. The number of carbonyl (C=O) groups is 3. The van der Waals surface area contributed by atoms with E-state index in [0.717, 1.165) is 29.0 Å². The van der Waals surface area contributed by atoms with E-state index in [2.05, 4.69) is 40.2 Å². The molecule has 0 aromatic carbocycles. The molecule has 1 saturated heterocycles. The van der Waals surface area contributed by atoms with Gasteiger partial charge in [-0.3, -0.25) is 32.5 Å². The first-order valence-electron chi connectivity index (χ1n) is 16.3. The zero-order chi connectivity index (χ0) is 41.5. The number of fused-ring (bicyclic) bond motifs is 1. The predicted octanol–water partition coefficient (Wildman–Crippen LogP) is -0.294. The summed E-state index contributed by atoms with van der Waals surface area (Å²) in [5.74, 6) is -1.15. The summed E-state index contributed by atoms with van der Waals surface area (Å²) in [6, 6.07) is 0. The molecule has 24 nitrogen and oxygen atoms in total. The molecule has 2 aromatic heterocycles. The lowest BCUT2D eigenvalue weighted by atomic mass is 9.87. The molecule has 310 valence electrons. The van der Waals surface area contributed by atoms with E-state index in [1.165, 1.54) is 13.8 Å². The van der Waals surface area contributed by atoms with Crippen molar-refractivity contribution in [3.8, 4) is 0 Å². The van der Waals surface area contributed by atoms with Crippen molar-refractivity contribution in [3.05, 3.63) is 42.2 Å². The Labute approximate surface area is 322 Å². The van der Waals surface area contributed by atoms with Gasteiger partial charge in [0.25, 0.3) is 0 Å². The van der Waals surface area contributed by atoms with Crippen LogP contribution >= 0.6 is 35.2 Å². The highest BCUT2D eigenvalue weighted by atomic mass is 32.2. The van der Waals surface area contributed by atoms with Crippen LogP contribution in [0.4, 0.5) is 5.82 Å². The molecule has 2 aromatic rings. The Morgan fingerprint density at radius 1 is 1.11 bits per heavy atom. The Hall–Kier alpha value is -3.18. The summed E-state index contributed by atoms with van der Waals surface area (Å²) in [5.41, 5.74) is 7.73. The van der Waals surface area contributed by atoms with Gasteiger partial charge in [-0.2, -0.15) is 4.31 Å². The molecule has 1 aliphatic heterocycles. The number of amides is 2. The second-order valence-corrected chi connectivity index (χ2v) is 17.9. The molecular formula is C28H40N7O17P3S. The summed E-state index contributed by atoms with van der Waals surface area (Å²) >= 11 is 1.04. The highest BCUT2D eigenvalue weighted by Gasteiger charge is 2.50. The van der Waals surface area contributed by atoms with Crippen molar-refractivity contribution in [3.63, 3.8) is 0 Å². The van der Waals surface area contributed by atoms with Crippen molar-refractivity contribution < 1.29 is 80.5 Å². The topological polar surface area (TPSA) is 364 Å². The number of aliphatic hydroxyl groups excluding tert-OH is 2. The molecule has 2 amide bonds. The van der Waals surface area contributed by atoms with E-state index in [1.54, 1.807) is 18.2 Å². The van der Waals surface area contributed by atoms with Crippen molar-refractivity contribution in [1.29, 1.82) is 0 Å². The third kappa shape index (κ3) is 12.9. The molecule has 7 unspecified atom stereocenters. The summed E-state index contributed by atoms with van der Waals surface area (Å²) in [7, 11) is -16.4. The fourth-order valence-electron chi connectivity index (χ4n) is 4.97. The number of aliphatic hydroxyl groups is 2. The van der Waals surface area contributed by atoms with Gasteiger partial charge in [0.2, 0.25) is 16.9 Å². The summed E-state index contributed by atoms with van der Waals surface area (Å²) in [5, 5.41) is 26.2. The molecule has 10 N–H and O–H groups in total. The fraction of sp³-hybridized carbons (Fsp3) is 0.536. The molecule has 0 bridgehead atoms. The van der Waals surface area contributed by atoms with Crippen LogP contribution in [0.15, 0.2) is 42.2 Å². The molecule has 2 aliphatic rings. The summed E-state index contributed by atoms with van der Waals surface area (Å²) < 4.78 is 62.1. The minimum Gasteiger partial charge on any atom is -0.386 e. The molecule has 28 heteroatoms. The van der Waals surface area contributed by atoms with E-state index in [0.29, 0.717) is 17.7 Å². The molecule has 3 heterocycles. The van der Waals surface area contributed by atoms with Gasteiger partial charge in [0.05, 0.1) is 19.5 Å². The van der Waals surface area contributed by atoms with Crippen LogP contribution in [0.2, 0.25) is 0 Å². The highest BCUT2D eigenvalue weighted by Crippen LogP contribution is 2.61. The van der Waals surface area contributed by atoms with Gasteiger partial charge in [0, 0.05) is 42.7 Å². The lowest BCUT2D eigenvalue weighted by molar-refractivity contribution is -0.137. The molecular weight excluding hydrogens is 831 g/mol. The lowest BCUT2D eigenvalue weighted by Gasteiger charge is -2.30. The lowest BCUT2D eigenvalue weighted by Crippen LogP contribution is -2.46. The van der Waals surface area contributed by atoms with Crippen molar-refractivity contribution in [1.82, 2.24) is 30.2 Å². The number of allylic oxidation sites excluding steroid dienone is 2. The van der Waals surface area contributed by atoms with E-state index in [4.69, 9.17) is 19.5 Å². The molecule has 1 aliphatic carbocycles. The van der Waals surface area contributed by atoms with Crippen LogP contribution in [0.25, 0.3) is 11.2 Å². The molecule has 0 spiro atoms. The number of aromatic nitrogens is 4. The van der Waals surface area contributed by atoms with Crippen LogP contribution in [-0.2, 0) is 50.7 Å². The quantitative estimate of drug-likeness (QED) is 0.0469. The van der Waals surface area contributed by atoms with Gasteiger partial charge in [-0.25, -0.2) is 28.6 Å². The number of hydrogen-bond donors (Lipinski definition) is 9. The van der Waals surface area contributed by atoms with E-state index in [1.807, 2.05) is 0 Å². The van der Waals surface area contributed by atoms with Crippen LogP contribution < -0.4 is 16.4 Å². The minimum atomic E-state index is -5.57. The highest BCUT2D eigenvalue weighted by molar-refractivity contribution is 8.14. The van der Waals surface area contributed by atoms with E-state index in [-0.39, 0.29) is 41.6 Å². The minimum absolute atomic E-state index is 0.0293. The van der Waals surface area contributed by atoms with Crippen molar-refractivity contribution >= 4 is 69.1 Å². The number of imidazole rings is 1. The van der Waals surface area contributed by atoms with Crippen LogP contribution in [0.5, 0.6) is 0 Å². The number of rotatable bonds is 20. The van der Waals surface area contributed by atoms with Gasteiger partial charge in [-0.1, -0.05) is 25.6 Å². The zero-order valence-electron chi connectivity index (χ0n) is 29.5. The van der Waals surface area contributed by atoms with Crippen molar-refractivity contribution in [2.24, 2.45) is 5.41 Å². The van der Waals surface area contributed by atoms with Gasteiger partial charge in [0.15, 0.2) is 17.7 Å². The SMILES string of the molecule is CC(C)(COP(=O)(O)OP(=O)(O)OCC1OC(n2cnc3c(N)ncnc32)C(O)C1OP(=O)(O)O)C(O)C(=O)NCCC(=O)NCCSC(=O)C1=CC=C=CC1. The Bertz CT molecular complexity index is 2020. The summed E-state index contributed by atoms with van der Waals surface area (Å²) in [6.07, 6.45) is -1.42. The first-order valence-corrected chi connectivity index (χ1v) is 21.8. The molecule has 1 fully saturated rings. The Morgan fingerprint density at radius 3 is 2.50 bits per heavy atom. The predicted molar refractivity (Wildman–Crippen MR) is 192 cm³/mol. The Balaban J connectivity index is 1.23. The van der Waals surface area contributed by atoms with E-state index >= 15 is 0 Å². The monoisotopic (exact) mass is 871 g/mol. The third-order valence-electron chi connectivity index (χ3n) is 7.82. The number of nitrogens with zero attached hydrogens (tertiary/aromatic N) is 4. The van der Waals surface area contributed by atoms with E-state index in [9.17, 15) is 57.9 Å². The number of phosphoric ester groups is 3. The fourth-order valence-corrected chi connectivity index (χ4v) is 8.53. The van der Waals surface area contributed by atoms with Gasteiger partial charge >= 0.3 is 23.5 Å². The maximum Gasteiger partial charge on any atom is 0.481 e. The largest absolute Gasteiger partial charge is 0.481 e. The number of nitrogens with one attached hydrogen (secondary N) is 2. The number of anilines is 1. The van der Waals surface area contributed by atoms with Gasteiger partial charge < -0.3 is 50.9 Å². The van der Waals surface area contributed by atoms with Crippen LogP contribution in [0, 0.1) is 5.41 Å². The zero-order valence-corrected chi connectivity index (χ0v) is 33.0. The van der Waals surface area contributed by atoms with Crippen LogP contribution in [0.1, 0.15) is 32.9 Å². The van der Waals surface area contributed by atoms with Gasteiger partial charge in [-0.05, 0) is 18.2 Å². The first-order chi connectivity index (χ1) is 26.1. The average molecular weight is 872 g/mol. The second kappa shape index (κ2) is 19.0. The standard InChI is InChI=1S/C28H40N7O17P3S/c1-28(2,22(38)25(39)31-9-8-18(36)30-10-11-56-27(40)16-6-4-3-5-7-16)13-49-55(46,47)52-54(44,45)48-12-17-21(51-53(41,42)43)20(37)26(50-17)35-15-34-19-23(29)32-14-33-24(19)35/h4-6,14-15,17,20-22,26,37-38H,7-13H2,1-2H3,(H,30,36)(H,31,39)(H,44,45)(H,46,47)(H2,29,32,33)(H2,41,42,43). The van der Waals surface area contributed by atoms with Gasteiger partial charge in [0.1, 0.15) is 36.3 Å². The normalized spacial score (nSPS) is 22.6.